The predicted octanol–water partition coefficient (Wildman–Crippen LogP) is 2.65. The SMILES string of the molecule is C#CCN(C)Cc1ccc(Br)cc1F. The zero-order valence-corrected chi connectivity index (χ0v) is 9.51. The lowest BCUT2D eigenvalue weighted by Gasteiger charge is -2.13. The fourth-order valence-corrected chi connectivity index (χ4v) is 1.49. The third kappa shape index (κ3) is 3.13. The lowest BCUT2D eigenvalue weighted by Crippen LogP contribution is -2.18. The molecule has 0 bridgehead atoms. The molecule has 0 spiro atoms. The number of halogens is 2. The first-order chi connectivity index (χ1) is 6.63. The van der Waals surface area contributed by atoms with Crippen LogP contribution in [0.25, 0.3) is 0 Å². The van der Waals surface area contributed by atoms with Gasteiger partial charge in [-0.05, 0) is 19.2 Å². The smallest absolute Gasteiger partial charge is 0.128 e. The third-order valence-corrected chi connectivity index (χ3v) is 2.31. The van der Waals surface area contributed by atoms with Crippen LogP contribution in [0.4, 0.5) is 4.39 Å². The number of nitrogens with zero attached hydrogens (tertiary/aromatic N) is 1. The summed E-state index contributed by atoms with van der Waals surface area (Å²) in [6.07, 6.45) is 5.15. The molecule has 3 heteroatoms. The van der Waals surface area contributed by atoms with Crippen LogP contribution in [0, 0.1) is 18.2 Å². The summed E-state index contributed by atoms with van der Waals surface area (Å²) in [5, 5.41) is 0. The molecule has 0 unspecified atom stereocenters. The Labute approximate surface area is 92.0 Å². The van der Waals surface area contributed by atoms with Crippen molar-refractivity contribution in [2.24, 2.45) is 0 Å². The summed E-state index contributed by atoms with van der Waals surface area (Å²) in [6, 6.07) is 5.04. The highest BCUT2D eigenvalue weighted by molar-refractivity contribution is 9.10. The standard InChI is InChI=1S/C11H11BrFN/c1-3-6-14(2)8-9-4-5-10(12)7-11(9)13/h1,4-5,7H,6,8H2,2H3. The maximum atomic E-state index is 13.3. The Morgan fingerprint density at radius 1 is 1.57 bits per heavy atom. The molecule has 0 aliphatic heterocycles. The molecule has 0 N–H and O–H groups in total. The normalized spacial score (nSPS) is 10.2. The molecule has 0 aromatic heterocycles. The molecule has 74 valence electrons. The van der Waals surface area contributed by atoms with Gasteiger partial charge in [-0.2, -0.15) is 0 Å². The zero-order valence-electron chi connectivity index (χ0n) is 7.93. The second kappa shape index (κ2) is 5.14. The van der Waals surface area contributed by atoms with E-state index in [1.165, 1.54) is 6.07 Å². The highest BCUT2D eigenvalue weighted by Crippen LogP contribution is 2.16. The summed E-state index contributed by atoms with van der Waals surface area (Å²) < 4.78 is 14.1. The van der Waals surface area contributed by atoms with Crippen molar-refractivity contribution in [2.75, 3.05) is 13.6 Å². The molecule has 1 nitrogen and oxygen atoms in total. The van der Waals surface area contributed by atoms with Gasteiger partial charge in [0.2, 0.25) is 0 Å². The van der Waals surface area contributed by atoms with E-state index in [2.05, 4.69) is 21.9 Å². The molecule has 0 saturated carbocycles. The van der Waals surface area contributed by atoms with Crippen LogP contribution in [0.15, 0.2) is 22.7 Å². The minimum absolute atomic E-state index is 0.205. The lowest BCUT2D eigenvalue weighted by molar-refractivity contribution is 0.361. The summed E-state index contributed by atoms with van der Waals surface area (Å²) in [4.78, 5) is 1.88. The van der Waals surface area contributed by atoms with E-state index in [0.29, 0.717) is 18.7 Å². The highest BCUT2D eigenvalue weighted by Gasteiger charge is 2.04. The first-order valence-electron chi connectivity index (χ1n) is 4.19. The average molecular weight is 256 g/mol. The molecule has 1 aromatic carbocycles. The van der Waals surface area contributed by atoms with E-state index in [9.17, 15) is 4.39 Å². The Hall–Kier alpha value is -0.850. The first-order valence-corrected chi connectivity index (χ1v) is 4.98. The quantitative estimate of drug-likeness (QED) is 0.751. The molecule has 1 rings (SSSR count). The fourth-order valence-electron chi connectivity index (χ4n) is 1.15. The van der Waals surface area contributed by atoms with Crippen molar-refractivity contribution in [3.63, 3.8) is 0 Å². The van der Waals surface area contributed by atoms with Crippen molar-refractivity contribution in [3.05, 3.63) is 34.1 Å². The van der Waals surface area contributed by atoms with Gasteiger partial charge in [-0.15, -0.1) is 6.42 Å². The van der Waals surface area contributed by atoms with Crippen molar-refractivity contribution in [3.8, 4) is 12.3 Å². The zero-order chi connectivity index (χ0) is 10.6. The van der Waals surface area contributed by atoms with Crippen LogP contribution in [-0.2, 0) is 6.54 Å². The van der Waals surface area contributed by atoms with E-state index in [1.807, 2.05) is 18.0 Å². The van der Waals surface area contributed by atoms with Gasteiger partial charge in [-0.25, -0.2) is 4.39 Å². The van der Waals surface area contributed by atoms with Crippen molar-refractivity contribution in [1.29, 1.82) is 0 Å². The fraction of sp³-hybridized carbons (Fsp3) is 0.273. The van der Waals surface area contributed by atoms with Crippen LogP contribution in [0.5, 0.6) is 0 Å². The number of benzene rings is 1. The number of rotatable bonds is 3. The highest BCUT2D eigenvalue weighted by atomic mass is 79.9. The van der Waals surface area contributed by atoms with Gasteiger partial charge in [0, 0.05) is 16.6 Å². The minimum Gasteiger partial charge on any atom is -0.291 e. The molecule has 1 aromatic rings. The molecule has 0 saturated heterocycles. The predicted molar refractivity (Wildman–Crippen MR) is 59.3 cm³/mol. The molecule has 14 heavy (non-hydrogen) atoms. The molecular weight excluding hydrogens is 245 g/mol. The van der Waals surface area contributed by atoms with Crippen molar-refractivity contribution >= 4 is 15.9 Å². The van der Waals surface area contributed by atoms with Gasteiger partial charge in [0.15, 0.2) is 0 Å². The van der Waals surface area contributed by atoms with E-state index in [-0.39, 0.29) is 5.82 Å². The molecule has 0 amide bonds. The van der Waals surface area contributed by atoms with Crippen LogP contribution in [0.2, 0.25) is 0 Å². The summed E-state index contributed by atoms with van der Waals surface area (Å²) in [5.41, 5.74) is 0.658. The van der Waals surface area contributed by atoms with E-state index < -0.39 is 0 Å². The first kappa shape index (κ1) is 11.2. The Morgan fingerprint density at radius 3 is 2.86 bits per heavy atom. The van der Waals surface area contributed by atoms with Gasteiger partial charge in [-0.1, -0.05) is 27.9 Å². The molecule has 0 atom stereocenters. The third-order valence-electron chi connectivity index (χ3n) is 1.82. The second-order valence-corrected chi connectivity index (χ2v) is 4.03. The van der Waals surface area contributed by atoms with Crippen LogP contribution in [-0.4, -0.2) is 18.5 Å². The maximum Gasteiger partial charge on any atom is 0.128 e. The lowest BCUT2D eigenvalue weighted by atomic mass is 10.2. The van der Waals surface area contributed by atoms with Crippen molar-refractivity contribution < 1.29 is 4.39 Å². The summed E-state index contributed by atoms with van der Waals surface area (Å²) >= 11 is 3.21. The largest absolute Gasteiger partial charge is 0.291 e. The van der Waals surface area contributed by atoms with E-state index in [4.69, 9.17) is 6.42 Å². The van der Waals surface area contributed by atoms with Gasteiger partial charge < -0.3 is 0 Å². The minimum atomic E-state index is -0.205. The monoisotopic (exact) mass is 255 g/mol. The van der Waals surface area contributed by atoms with Crippen LogP contribution in [0.1, 0.15) is 5.56 Å². The maximum absolute atomic E-state index is 13.3. The summed E-state index contributed by atoms with van der Waals surface area (Å²) in [7, 11) is 1.86. The van der Waals surface area contributed by atoms with Crippen molar-refractivity contribution in [2.45, 2.75) is 6.54 Å². The van der Waals surface area contributed by atoms with Crippen LogP contribution < -0.4 is 0 Å². The average Bonchev–Trinajstić information content (AvgIpc) is 2.10. The molecule has 0 aliphatic carbocycles. The van der Waals surface area contributed by atoms with Gasteiger partial charge >= 0.3 is 0 Å². The number of terminal acetylenes is 1. The Kier molecular flexibility index (Phi) is 4.12. The topological polar surface area (TPSA) is 3.24 Å². The Morgan fingerprint density at radius 2 is 2.29 bits per heavy atom. The Balaban J connectivity index is 2.73. The molecule has 0 radical (unpaired) electrons. The van der Waals surface area contributed by atoms with Crippen LogP contribution >= 0.6 is 15.9 Å². The summed E-state index contributed by atoms with van der Waals surface area (Å²) in [6.45, 7) is 1.05. The van der Waals surface area contributed by atoms with E-state index in [0.717, 1.165) is 4.47 Å². The van der Waals surface area contributed by atoms with Gasteiger partial charge in [0.05, 0.1) is 6.54 Å². The van der Waals surface area contributed by atoms with Gasteiger partial charge in [0.1, 0.15) is 5.82 Å². The molecular formula is C11H11BrFN. The summed E-state index contributed by atoms with van der Waals surface area (Å²) in [5.74, 6) is 2.31. The second-order valence-electron chi connectivity index (χ2n) is 3.11. The Bertz CT molecular complexity index is 357. The van der Waals surface area contributed by atoms with Gasteiger partial charge in [-0.3, -0.25) is 4.90 Å². The van der Waals surface area contributed by atoms with Crippen molar-refractivity contribution in [1.82, 2.24) is 4.90 Å². The molecule has 0 aliphatic rings. The van der Waals surface area contributed by atoms with Gasteiger partial charge in [0.25, 0.3) is 0 Å². The molecule has 0 heterocycles. The number of hydrogen-bond donors (Lipinski definition) is 0. The number of hydrogen-bond acceptors (Lipinski definition) is 1. The van der Waals surface area contributed by atoms with Crippen LogP contribution in [0.3, 0.4) is 0 Å². The molecule has 0 fully saturated rings. The van der Waals surface area contributed by atoms with E-state index >= 15 is 0 Å². The van der Waals surface area contributed by atoms with E-state index in [1.54, 1.807) is 6.07 Å².